The number of rotatable bonds is 3. The van der Waals surface area contributed by atoms with Crippen LogP contribution in [0.3, 0.4) is 0 Å². The zero-order chi connectivity index (χ0) is 14.1. The fourth-order valence-corrected chi connectivity index (χ4v) is 3.68. The lowest BCUT2D eigenvalue weighted by atomic mass is 10.2. The average Bonchev–Trinajstić information content (AvgIpc) is 3.09. The minimum atomic E-state index is -1.07. The summed E-state index contributed by atoms with van der Waals surface area (Å²) in [6, 6.07) is 1.76. The summed E-state index contributed by atoms with van der Waals surface area (Å²) in [4.78, 5) is 21.4. The first-order valence-corrected chi connectivity index (χ1v) is 7.91. The number of aromatic carboxylic acids is 1. The van der Waals surface area contributed by atoms with Gasteiger partial charge in [0.1, 0.15) is 0 Å². The van der Waals surface area contributed by atoms with Crippen molar-refractivity contribution in [1.82, 2.24) is 18.3 Å². The molecule has 1 aliphatic heterocycles. The SMILES string of the molecule is O=C(O)c1nc(-c2ccns2)ncc1C1=CN(Br)CS1. The smallest absolute Gasteiger partial charge is 0.355 e. The van der Waals surface area contributed by atoms with Gasteiger partial charge in [0.2, 0.25) is 0 Å². The molecule has 6 nitrogen and oxygen atoms in total. The Morgan fingerprint density at radius 2 is 2.35 bits per heavy atom. The number of hydrogen-bond donors (Lipinski definition) is 1. The molecule has 0 aliphatic carbocycles. The van der Waals surface area contributed by atoms with Crippen molar-refractivity contribution in [2.75, 3.05) is 5.88 Å². The standard InChI is InChI=1S/C11H7BrN4O2S2/c12-16-4-8(19-5-16)6-3-13-10(7-1-2-14-20-7)15-9(6)11(17)18/h1-4H,5H2,(H,17,18). The molecule has 0 unspecified atom stereocenters. The van der Waals surface area contributed by atoms with Gasteiger partial charge < -0.3 is 9.03 Å². The van der Waals surface area contributed by atoms with Crippen molar-refractivity contribution < 1.29 is 9.90 Å². The Kier molecular flexibility index (Phi) is 3.72. The van der Waals surface area contributed by atoms with Crippen LogP contribution >= 0.6 is 39.4 Å². The molecule has 0 atom stereocenters. The number of halogens is 1. The molecule has 0 radical (unpaired) electrons. The van der Waals surface area contributed by atoms with Gasteiger partial charge in [-0.05, 0) is 17.6 Å². The molecule has 0 bridgehead atoms. The predicted octanol–water partition coefficient (Wildman–Crippen LogP) is 2.91. The van der Waals surface area contributed by atoms with E-state index in [4.69, 9.17) is 0 Å². The summed E-state index contributed by atoms with van der Waals surface area (Å²) in [5.74, 6) is 0.0287. The van der Waals surface area contributed by atoms with Gasteiger partial charge in [0.25, 0.3) is 0 Å². The van der Waals surface area contributed by atoms with E-state index in [9.17, 15) is 9.90 Å². The second kappa shape index (κ2) is 5.51. The van der Waals surface area contributed by atoms with Crippen molar-refractivity contribution in [3.8, 4) is 10.7 Å². The highest BCUT2D eigenvalue weighted by Gasteiger charge is 2.22. The van der Waals surface area contributed by atoms with Crippen molar-refractivity contribution in [3.63, 3.8) is 0 Å². The molecule has 0 spiro atoms. The Morgan fingerprint density at radius 1 is 1.50 bits per heavy atom. The number of hydrogen-bond acceptors (Lipinski definition) is 7. The number of aromatic nitrogens is 3. The fourth-order valence-electron chi connectivity index (χ4n) is 1.66. The molecule has 9 heteroatoms. The minimum absolute atomic E-state index is 0.00458. The van der Waals surface area contributed by atoms with Gasteiger partial charge >= 0.3 is 5.97 Å². The van der Waals surface area contributed by atoms with Crippen molar-refractivity contribution in [1.29, 1.82) is 0 Å². The number of carboxylic acid groups (broad SMARTS) is 1. The average molecular weight is 371 g/mol. The first kappa shape index (κ1) is 13.5. The third-order valence-corrected chi connectivity index (χ3v) is 5.09. The summed E-state index contributed by atoms with van der Waals surface area (Å²) in [7, 11) is 0. The first-order valence-electron chi connectivity index (χ1n) is 5.44. The van der Waals surface area contributed by atoms with Gasteiger partial charge in [-0.25, -0.2) is 19.1 Å². The maximum Gasteiger partial charge on any atom is 0.355 e. The Morgan fingerprint density at radius 3 is 2.95 bits per heavy atom. The molecule has 20 heavy (non-hydrogen) atoms. The number of thioether (sulfide) groups is 1. The van der Waals surface area contributed by atoms with Crippen LogP contribution < -0.4 is 0 Å². The molecule has 0 amide bonds. The van der Waals surface area contributed by atoms with Crippen molar-refractivity contribution in [2.45, 2.75) is 0 Å². The highest BCUT2D eigenvalue weighted by molar-refractivity contribution is 9.07. The molecule has 2 aromatic heterocycles. The summed E-state index contributed by atoms with van der Waals surface area (Å²) in [6.07, 6.45) is 5.01. The largest absolute Gasteiger partial charge is 0.476 e. The van der Waals surface area contributed by atoms with Crippen LogP contribution in [0.15, 0.2) is 24.7 Å². The van der Waals surface area contributed by atoms with E-state index in [1.165, 1.54) is 23.3 Å². The normalized spacial score (nSPS) is 14.4. The van der Waals surface area contributed by atoms with Crippen LogP contribution in [0.1, 0.15) is 16.1 Å². The first-order chi connectivity index (χ1) is 9.65. The van der Waals surface area contributed by atoms with Crippen LogP contribution in [0.25, 0.3) is 15.6 Å². The van der Waals surface area contributed by atoms with Crippen LogP contribution in [-0.2, 0) is 0 Å². The van der Waals surface area contributed by atoms with Gasteiger partial charge in [-0.1, -0.05) is 0 Å². The molecule has 0 saturated heterocycles. The van der Waals surface area contributed by atoms with E-state index in [1.54, 1.807) is 22.4 Å². The van der Waals surface area contributed by atoms with Crippen LogP contribution in [0.5, 0.6) is 0 Å². The Labute approximate surface area is 131 Å². The fraction of sp³-hybridized carbons (Fsp3) is 0.0909. The lowest BCUT2D eigenvalue weighted by Gasteiger charge is -2.05. The summed E-state index contributed by atoms with van der Waals surface area (Å²) >= 11 is 6.08. The quantitative estimate of drug-likeness (QED) is 0.831. The van der Waals surface area contributed by atoms with E-state index in [1.807, 2.05) is 6.20 Å². The number of nitrogens with zero attached hydrogens (tertiary/aromatic N) is 4. The zero-order valence-corrected chi connectivity index (χ0v) is 13.1. The van der Waals surface area contributed by atoms with Crippen LogP contribution in [0, 0.1) is 0 Å². The van der Waals surface area contributed by atoms with Crippen LogP contribution in [-0.4, -0.2) is 35.2 Å². The third kappa shape index (κ3) is 2.56. The van der Waals surface area contributed by atoms with E-state index < -0.39 is 5.97 Å². The summed E-state index contributed by atoms with van der Waals surface area (Å²) in [5, 5.41) is 9.35. The number of carboxylic acids is 1. The zero-order valence-electron chi connectivity index (χ0n) is 9.86. The summed E-state index contributed by atoms with van der Waals surface area (Å²) in [5.41, 5.74) is 0.530. The molecule has 102 valence electrons. The topological polar surface area (TPSA) is 79.2 Å². The summed E-state index contributed by atoms with van der Waals surface area (Å²) < 4.78 is 5.77. The van der Waals surface area contributed by atoms with E-state index in [-0.39, 0.29) is 5.69 Å². The molecule has 2 aromatic rings. The molecule has 3 rings (SSSR count). The Balaban J connectivity index is 2.08. The van der Waals surface area contributed by atoms with Crippen molar-refractivity contribution in [3.05, 3.63) is 35.9 Å². The van der Waals surface area contributed by atoms with E-state index in [0.717, 1.165) is 9.78 Å². The van der Waals surface area contributed by atoms with Gasteiger partial charge in [-0.2, -0.15) is 0 Å². The molecule has 0 saturated carbocycles. The highest BCUT2D eigenvalue weighted by Crippen LogP contribution is 2.37. The predicted molar refractivity (Wildman–Crippen MR) is 81.3 cm³/mol. The lowest BCUT2D eigenvalue weighted by Crippen LogP contribution is -2.07. The summed E-state index contributed by atoms with van der Waals surface area (Å²) in [6.45, 7) is 0. The van der Waals surface area contributed by atoms with Gasteiger partial charge in [0.15, 0.2) is 11.5 Å². The van der Waals surface area contributed by atoms with Gasteiger partial charge in [-0.15, -0.1) is 11.8 Å². The molecular formula is C11H7BrN4O2S2. The molecule has 3 heterocycles. The van der Waals surface area contributed by atoms with Gasteiger partial charge in [-0.3, -0.25) is 0 Å². The highest BCUT2D eigenvalue weighted by atomic mass is 79.9. The van der Waals surface area contributed by atoms with Crippen molar-refractivity contribution in [2.24, 2.45) is 0 Å². The second-order valence-corrected chi connectivity index (χ2v) is 6.54. The molecular weight excluding hydrogens is 364 g/mol. The lowest BCUT2D eigenvalue weighted by molar-refractivity contribution is 0.0690. The monoisotopic (exact) mass is 370 g/mol. The van der Waals surface area contributed by atoms with E-state index >= 15 is 0 Å². The molecule has 1 N–H and O–H groups in total. The Hall–Kier alpha value is -1.45. The van der Waals surface area contributed by atoms with Crippen LogP contribution in [0.2, 0.25) is 0 Å². The van der Waals surface area contributed by atoms with Crippen molar-refractivity contribution >= 4 is 50.3 Å². The Bertz CT molecular complexity index is 690. The maximum absolute atomic E-state index is 11.4. The molecule has 0 fully saturated rings. The van der Waals surface area contributed by atoms with Gasteiger partial charge in [0.05, 0.1) is 10.8 Å². The second-order valence-electron chi connectivity index (χ2n) is 3.80. The number of carbonyl (C=O) groups is 1. The minimum Gasteiger partial charge on any atom is -0.476 e. The molecule has 0 aromatic carbocycles. The maximum atomic E-state index is 11.4. The van der Waals surface area contributed by atoms with E-state index in [0.29, 0.717) is 17.3 Å². The molecule has 1 aliphatic rings. The third-order valence-electron chi connectivity index (χ3n) is 2.52. The van der Waals surface area contributed by atoms with E-state index in [2.05, 4.69) is 30.5 Å². The van der Waals surface area contributed by atoms with Crippen LogP contribution in [0.4, 0.5) is 0 Å². The van der Waals surface area contributed by atoms with Gasteiger partial charge in [0, 0.05) is 45.2 Å².